The van der Waals surface area contributed by atoms with Crippen LogP contribution in [0.2, 0.25) is 0 Å². The number of nitrogens with zero attached hydrogens (tertiary/aromatic N) is 4. The number of amides is 1. The fourth-order valence-electron chi connectivity index (χ4n) is 3.86. The first-order chi connectivity index (χ1) is 13.0. The number of aromatic nitrogens is 2. The van der Waals surface area contributed by atoms with Crippen LogP contribution in [-0.2, 0) is 11.3 Å². The van der Waals surface area contributed by atoms with E-state index in [4.69, 9.17) is 4.74 Å². The Morgan fingerprint density at radius 1 is 1.33 bits per heavy atom. The fourth-order valence-corrected chi connectivity index (χ4v) is 4.46. The standard InChI is InChI=1S/C19H23FN4O2S/c1-14-22-17(12-27-14)11-23-4-2-19(3-5-23)13-24(6-7-26-19)18(25)15-8-16(20)10-21-9-15/h8-10,12H,2-7,11,13H2,1H3. The van der Waals surface area contributed by atoms with Gasteiger partial charge in [-0.1, -0.05) is 0 Å². The molecule has 0 unspecified atom stereocenters. The smallest absolute Gasteiger partial charge is 0.255 e. The molecule has 0 atom stereocenters. The second kappa shape index (κ2) is 7.61. The lowest BCUT2D eigenvalue weighted by molar-refractivity contribution is -0.128. The number of carbonyl (C=O) groups is 1. The van der Waals surface area contributed by atoms with Crippen molar-refractivity contribution in [2.24, 2.45) is 0 Å². The lowest BCUT2D eigenvalue weighted by atomic mass is 9.89. The van der Waals surface area contributed by atoms with Crippen molar-refractivity contribution in [3.05, 3.63) is 45.9 Å². The van der Waals surface area contributed by atoms with Crippen LogP contribution in [0.4, 0.5) is 4.39 Å². The van der Waals surface area contributed by atoms with Gasteiger partial charge in [-0.25, -0.2) is 9.37 Å². The van der Waals surface area contributed by atoms with Crippen LogP contribution in [0.5, 0.6) is 0 Å². The summed E-state index contributed by atoms with van der Waals surface area (Å²) in [5.74, 6) is -0.667. The molecular formula is C19H23FN4O2S. The van der Waals surface area contributed by atoms with Gasteiger partial charge in [0.2, 0.25) is 0 Å². The number of ether oxygens (including phenoxy) is 1. The van der Waals surface area contributed by atoms with E-state index in [2.05, 4.69) is 20.2 Å². The first-order valence-electron chi connectivity index (χ1n) is 9.20. The van der Waals surface area contributed by atoms with E-state index in [9.17, 15) is 9.18 Å². The molecule has 6 nitrogen and oxygen atoms in total. The van der Waals surface area contributed by atoms with E-state index in [-0.39, 0.29) is 11.5 Å². The van der Waals surface area contributed by atoms with E-state index in [1.165, 1.54) is 12.3 Å². The van der Waals surface area contributed by atoms with Crippen molar-refractivity contribution in [3.8, 4) is 0 Å². The van der Waals surface area contributed by atoms with Crippen molar-refractivity contribution in [2.75, 3.05) is 32.8 Å². The number of aryl methyl sites for hydroxylation is 1. The molecule has 2 saturated heterocycles. The molecule has 2 aromatic rings. The number of pyridine rings is 1. The van der Waals surface area contributed by atoms with Crippen LogP contribution in [-0.4, -0.2) is 64.1 Å². The summed E-state index contributed by atoms with van der Waals surface area (Å²) < 4.78 is 19.5. The van der Waals surface area contributed by atoms with Crippen LogP contribution < -0.4 is 0 Å². The van der Waals surface area contributed by atoms with Gasteiger partial charge in [0.05, 0.1) is 41.2 Å². The quantitative estimate of drug-likeness (QED) is 0.806. The Kier molecular flexibility index (Phi) is 5.21. The minimum absolute atomic E-state index is 0.176. The normalized spacial score (nSPS) is 20.1. The molecular weight excluding hydrogens is 367 g/mol. The number of hydrogen-bond acceptors (Lipinski definition) is 6. The fraction of sp³-hybridized carbons (Fsp3) is 0.526. The van der Waals surface area contributed by atoms with Crippen molar-refractivity contribution in [1.29, 1.82) is 0 Å². The highest BCUT2D eigenvalue weighted by Crippen LogP contribution is 2.31. The van der Waals surface area contributed by atoms with Gasteiger partial charge in [0.15, 0.2) is 0 Å². The predicted octanol–water partition coefficient (Wildman–Crippen LogP) is 2.49. The van der Waals surface area contributed by atoms with Gasteiger partial charge in [0.1, 0.15) is 5.82 Å². The predicted molar refractivity (Wildman–Crippen MR) is 100 cm³/mol. The van der Waals surface area contributed by atoms with Crippen LogP contribution in [0, 0.1) is 12.7 Å². The van der Waals surface area contributed by atoms with E-state index in [1.54, 1.807) is 16.2 Å². The van der Waals surface area contributed by atoms with Crippen molar-refractivity contribution in [2.45, 2.75) is 31.9 Å². The Morgan fingerprint density at radius 3 is 2.85 bits per heavy atom. The number of rotatable bonds is 3. The van der Waals surface area contributed by atoms with Crippen LogP contribution >= 0.6 is 11.3 Å². The van der Waals surface area contributed by atoms with Crippen LogP contribution in [0.15, 0.2) is 23.8 Å². The molecule has 0 aromatic carbocycles. The summed E-state index contributed by atoms with van der Waals surface area (Å²) in [6, 6.07) is 1.25. The Morgan fingerprint density at radius 2 is 2.15 bits per heavy atom. The number of hydrogen-bond donors (Lipinski definition) is 0. The molecule has 2 fully saturated rings. The molecule has 4 heterocycles. The zero-order chi connectivity index (χ0) is 18.9. The van der Waals surface area contributed by atoms with E-state index >= 15 is 0 Å². The lowest BCUT2D eigenvalue weighted by Crippen LogP contribution is -2.57. The summed E-state index contributed by atoms with van der Waals surface area (Å²) in [5.41, 5.74) is 1.11. The number of piperidine rings is 1. The van der Waals surface area contributed by atoms with Crippen LogP contribution in [0.25, 0.3) is 0 Å². The summed E-state index contributed by atoms with van der Waals surface area (Å²) >= 11 is 1.68. The third-order valence-corrected chi connectivity index (χ3v) is 6.13. The molecule has 1 amide bonds. The van der Waals surface area contributed by atoms with Gasteiger partial charge in [-0.3, -0.25) is 14.7 Å². The van der Waals surface area contributed by atoms with Gasteiger partial charge in [-0.15, -0.1) is 11.3 Å². The number of morpholine rings is 1. The van der Waals surface area contributed by atoms with Gasteiger partial charge in [0, 0.05) is 37.8 Å². The zero-order valence-corrected chi connectivity index (χ0v) is 16.2. The number of halogens is 1. The van der Waals surface area contributed by atoms with Crippen LogP contribution in [0.1, 0.15) is 33.9 Å². The van der Waals surface area contributed by atoms with Gasteiger partial charge in [0.25, 0.3) is 5.91 Å². The summed E-state index contributed by atoms with van der Waals surface area (Å²) in [6.45, 7) is 6.30. The molecule has 8 heteroatoms. The monoisotopic (exact) mass is 390 g/mol. The molecule has 2 aliphatic heterocycles. The summed E-state index contributed by atoms with van der Waals surface area (Å²) in [4.78, 5) is 25.2. The molecule has 0 radical (unpaired) electrons. The van der Waals surface area contributed by atoms with Crippen LogP contribution in [0.3, 0.4) is 0 Å². The van der Waals surface area contributed by atoms with E-state index in [0.29, 0.717) is 25.3 Å². The number of carbonyl (C=O) groups excluding carboxylic acids is 1. The summed E-state index contributed by atoms with van der Waals surface area (Å²) in [6.07, 6.45) is 4.28. The van der Waals surface area contributed by atoms with Crippen molar-refractivity contribution in [3.63, 3.8) is 0 Å². The zero-order valence-electron chi connectivity index (χ0n) is 15.4. The van der Waals surface area contributed by atoms with E-state index < -0.39 is 5.82 Å². The van der Waals surface area contributed by atoms with E-state index in [1.807, 2.05) is 6.92 Å². The maximum Gasteiger partial charge on any atom is 0.255 e. The summed E-state index contributed by atoms with van der Waals surface area (Å²) in [5, 5.41) is 3.21. The molecule has 1 spiro atoms. The van der Waals surface area contributed by atoms with Crippen molar-refractivity contribution < 1.29 is 13.9 Å². The van der Waals surface area contributed by atoms with Gasteiger partial charge in [-0.05, 0) is 25.8 Å². The number of thiazole rings is 1. The molecule has 0 aliphatic carbocycles. The minimum Gasteiger partial charge on any atom is -0.371 e. The minimum atomic E-state index is -0.491. The van der Waals surface area contributed by atoms with Gasteiger partial charge >= 0.3 is 0 Å². The topological polar surface area (TPSA) is 58.6 Å². The Balaban J connectivity index is 1.37. The molecule has 2 aromatic heterocycles. The van der Waals surface area contributed by atoms with Gasteiger partial charge < -0.3 is 9.64 Å². The third kappa shape index (κ3) is 4.17. The van der Waals surface area contributed by atoms with Gasteiger partial charge in [-0.2, -0.15) is 0 Å². The average molecular weight is 390 g/mol. The Hall–Kier alpha value is -1.90. The first-order valence-corrected chi connectivity index (χ1v) is 10.1. The average Bonchev–Trinajstić information content (AvgIpc) is 3.08. The molecule has 0 N–H and O–H groups in total. The Labute approximate surface area is 162 Å². The highest BCUT2D eigenvalue weighted by Gasteiger charge is 2.41. The molecule has 27 heavy (non-hydrogen) atoms. The molecule has 2 aliphatic rings. The van der Waals surface area contributed by atoms with E-state index in [0.717, 1.165) is 49.4 Å². The first kappa shape index (κ1) is 18.5. The molecule has 144 valence electrons. The molecule has 0 saturated carbocycles. The lowest BCUT2D eigenvalue weighted by Gasteiger charge is -2.47. The molecule has 0 bridgehead atoms. The number of likely N-dealkylation sites (tertiary alicyclic amines) is 1. The highest BCUT2D eigenvalue weighted by atomic mass is 32.1. The Bertz CT molecular complexity index is 820. The maximum absolute atomic E-state index is 13.4. The maximum atomic E-state index is 13.4. The second-order valence-corrected chi connectivity index (χ2v) is 8.35. The van der Waals surface area contributed by atoms with Crippen molar-refractivity contribution in [1.82, 2.24) is 19.8 Å². The summed E-state index contributed by atoms with van der Waals surface area (Å²) in [7, 11) is 0. The van der Waals surface area contributed by atoms with Crippen molar-refractivity contribution >= 4 is 17.2 Å². The SMILES string of the molecule is Cc1nc(CN2CCC3(CC2)CN(C(=O)c2cncc(F)c2)CCO3)cs1. The highest BCUT2D eigenvalue weighted by molar-refractivity contribution is 7.09. The second-order valence-electron chi connectivity index (χ2n) is 7.28. The third-order valence-electron chi connectivity index (χ3n) is 5.31. The molecule has 4 rings (SSSR count). The largest absolute Gasteiger partial charge is 0.371 e.